The molecule has 0 atom stereocenters. The Labute approximate surface area is 288 Å². The number of benzene rings is 2. The number of furan rings is 1. The molecule has 0 saturated heterocycles. The second-order valence-electron chi connectivity index (χ2n) is 8.66. The van der Waals surface area contributed by atoms with E-state index in [0.29, 0.717) is 21.2 Å². The van der Waals surface area contributed by atoms with Crippen molar-refractivity contribution in [3.05, 3.63) is 124 Å². The minimum absolute atomic E-state index is 0. The maximum Gasteiger partial charge on any atom is 0.233 e. The van der Waals surface area contributed by atoms with Gasteiger partial charge in [0.05, 0.1) is 10.0 Å². The summed E-state index contributed by atoms with van der Waals surface area (Å²) in [5.41, 5.74) is 1.54. The van der Waals surface area contributed by atoms with Gasteiger partial charge in [-0.25, -0.2) is 0 Å². The van der Waals surface area contributed by atoms with Crippen molar-refractivity contribution in [3.8, 4) is 0 Å². The predicted octanol–water partition coefficient (Wildman–Crippen LogP) is 5.21. The molecule has 5 rings (SSSR count). The zero-order valence-corrected chi connectivity index (χ0v) is 29.7. The summed E-state index contributed by atoms with van der Waals surface area (Å²) in [5, 5.41) is 9.34. The first-order valence-electron chi connectivity index (χ1n) is 12.7. The van der Waals surface area contributed by atoms with Gasteiger partial charge in [-0.05, 0) is 43.3 Å². The standard InChI is InChI=1S/C14H8O4.C10H6O3.C4H5BrO.C4H6O.BH.U/c1-7(15)11-6-10-12(16)8-4-2-3-5-9(8)13(17)14(10)18-11;11-8-5-9(12)10(13)7-4-2-1-3-6(7)8;1-3(5)4(2)6;1-3-4(2)5;;/h2-6H,1H3;1-5,11H;1H2,2H3;3H,1H2,2H3;1H;/i;;;;1D;. The first-order valence-corrected chi connectivity index (χ1v) is 12.9. The molecule has 0 bridgehead atoms. The van der Waals surface area contributed by atoms with E-state index in [1.165, 1.54) is 39.0 Å². The van der Waals surface area contributed by atoms with Crippen molar-refractivity contribution < 1.29 is 74.2 Å². The number of aliphatic hydroxyl groups excluding tert-OH is 1. The molecule has 0 aliphatic heterocycles. The van der Waals surface area contributed by atoms with Crippen molar-refractivity contribution >= 4 is 70.5 Å². The number of ketones is 7. The van der Waals surface area contributed by atoms with Crippen LogP contribution in [0.2, 0.25) is 0 Å². The third kappa shape index (κ3) is 10.0. The minimum atomic E-state index is -0.670. The van der Waals surface area contributed by atoms with Crippen LogP contribution in [0.3, 0.4) is 0 Å². The third-order valence-electron chi connectivity index (χ3n) is 5.55. The summed E-state index contributed by atoms with van der Waals surface area (Å²) in [6.07, 6.45) is 2.23. The van der Waals surface area contributed by atoms with Crippen LogP contribution in [0.25, 0.3) is 5.76 Å². The molecule has 222 valence electrons. The molecule has 9 nitrogen and oxygen atoms in total. The van der Waals surface area contributed by atoms with E-state index in [9.17, 15) is 38.7 Å². The molecule has 1 N–H and O–H groups in total. The first-order chi connectivity index (χ1) is 20.7. The van der Waals surface area contributed by atoms with Crippen molar-refractivity contribution in [2.24, 2.45) is 0 Å². The maximum absolute atomic E-state index is 12.2. The number of allylic oxidation sites excluding steroid dienone is 3. The number of rotatable bonds is 3. The Morgan fingerprint density at radius 3 is 1.66 bits per heavy atom. The van der Waals surface area contributed by atoms with Crippen molar-refractivity contribution in [1.82, 2.24) is 0 Å². The topological polar surface area (TPSA) is 153 Å². The van der Waals surface area contributed by atoms with Crippen LogP contribution in [0, 0.1) is 31.1 Å². The Morgan fingerprint density at radius 1 is 0.841 bits per heavy atom. The predicted molar refractivity (Wildman–Crippen MR) is 165 cm³/mol. The fraction of sp³-hybridized carbons (Fsp3) is 0.0938. The van der Waals surface area contributed by atoms with Crippen molar-refractivity contribution in [2.75, 3.05) is 0 Å². The molecule has 12 heteroatoms. The zero-order valence-electron chi connectivity index (χ0n) is 24.9. The monoisotopic (exact) mass is 883 g/mol. The molecule has 1 heterocycles. The van der Waals surface area contributed by atoms with Crippen LogP contribution in [-0.2, 0) is 14.4 Å². The number of carbonyl (C=O) groups excluding carboxylic acids is 7. The molecule has 0 saturated carbocycles. The second kappa shape index (κ2) is 18.0. The van der Waals surface area contributed by atoms with Gasteiger partial charge in [0.2, 0.25) is 17.3 Å². The molecule has 2 radical (unpaired) electrons. The molecule has 0 amide bonds. The first kappa shape index (κ1) is 38.1. The maximum atomic E-state index is 12.2. The largest absolute Gasteiger partial charge is 0.507 e. The Hall–Kier alpha value is -3.97. The molecule has 0 spiro atoms. The van der Waals surface area contributed by atoms with E-state index in [1.807, 2.05) is 0 Å². The molecular formula is C32H26BBrO9U. The van der Waals surface area contributed by atoms with Crippen LogP contribution in [0.1, 0.15) is 79.3 Å². The summed E-state index contributed by atoms with van der Waals surface area (Å²) < 4.78 is 10.9. The fourth-order valence-corrected chi connectivity index (χ4v) is 3.35. The van der Waals surface area contributed by atoms with E-state index in [1.54, 1.807) is 42.5 Å². The average molecular weight is 884 g/mol. The van der Waals surface area contributed by atoms with Crippen LogP contribution in [0.15, 0.2) is 88.8 Å². The van der Waals surface area contributed by atoms with Gasteiger partial charge in [-0.3, -0.25) is 33.6 Å². The normalized spacial score (nSPS) is 11.8. The van der Waals surface area contributed by atoms with Gasteiger partial charge in [-0.15, -0.1) is 0 Å². The molecule has 44 heavy (non-hydrogen) atoms. The Morgan fingerprint density at radius 2 is 1.25 bits per heavy atom. The van der Waals surface area contributed by atoms with Crippen molar-refractivity contribution in [1.29, 1.82) is 1.34 Å². The summed E-state index contributed by atoms with van der Waals surface area (Å²) >= 11 is 2.89. The smallest absolute Gasteiger partial charge is 0.233 e. The number of carbonyl (C=O) groups is 7. The summed E-state index contributed by atoms with van der Waals surface area (Å²) in [4.78, 5) is 77.5. The van der Waals surface area contributed by atoms with Gasteiger partial charge in [0.25, 0.3) is 0 Å². The molecule has 1 aromatic heterocycles. The molecule has 0 unspecified atom stereocenters. The van der Waals surface area contributed by atoms with Crippen LogP contribution >= 0.6 is 15.9 Å². The van der Waals surface area contributed by atoms with Crippen LogP contribution in [0.4, 0.5) is 0 Å². The average Bonchev–Trinajstić information content (AvgIpc) is 3.47. The van der Waals surface area contributed by atoms with Gasteiger partial charge < -0.3 is 9.52 Å². The number of Topliss-reactive ketones (excluding diaryl/α,β-unsaturated/α-hetero) is 3. The van der Waals surface area contributed by atoms with Gasteiger partial charge in [0, 0.05) is 74.7 Å². The summed E-state index contributed by atoms with van der Waals surface area (Å²) in [5.74, 6) is -2.32. The van der Waals surface area contributed by atoms with Crippen LogP contribution in [-0.4, -0.2) is 55.3 Å². The summed E-state index contributed by atoms with van der Waals surface area (Å²) in [7, 11) is 3.75. The zero-order chi connectivity index (χ0) is 33.7. The van der Waals surface area contributed by atoms with E-state index in [0.717, 1.165) is 6.08 Å². The van der Waals surface area contributed by atoms with Crippen LogP contribution < -0.4 is 0 Å². The molecule has 2 aliphatic rings. The minimum Gasteiger partial charge on any atom is -0.507 e. The quantitative estimate of drug-likeness (QED) is 0.127. The van der Waals surface area contributed by atoms with E-state index >= 15 is 0 Å². The van der Waals surface area contributed by atoms with Gasteiger partial charge >= 0.3 is 0 Å². The second-order valence-corrected chi connectivity index (χ2v) is 9.62. The number of aliphatic hydroxyl groups is 1. The Kier molecular flexibility index (Phi) is 15.5. The van der Waals surface area contributed by atoms with E-state index in [2.05, 4.69) is 37.5 Å². The third-order valence-corrected chi connectivity index (χ3v) is 6.11. The molecular weight excluding hydrogens is 857 g/mol. The number of halogens is 1. The fourth-order valence-electron chi connectivity index (χ4n) is 3.35. The molecule has 2 aliphatic carbocycles. The van der Waals surface area contributed by atoms with Gasteiger partial charge in [0.15, 0.2) is 34.7 Å². The summed E-state index contributed by atoms with van der Waals surface area (Å²) in [6.45, 7) is 10.8. The van der Waals surface area contributed by atoms with E-state index in [4.69, 9.17) is 5.75 Å². The van der Waals surface area contributed by atoms with E-state index in [-0.39, 0.29) is 88.4 Å². The van der Waals surface area contributed by atoms with Gasteiger partial charge in [0.1, 0.15) is 5.76 Å². The van der Waals surface area contributed by atoms with Crippen molar-refractivity contribution in [3.63, 3.8) is 0 Å². The van der Waals surface area contributed by atoms with Gasteiger partial charge in [-0.2, -0.15) is 0 Å². The molecule has 2 aromatic carbocycles. The Balaban J connectivity index is 0.000000629. The summed E-state index contributed by atoms with van der Waals surface area (Å²) in [6, 6.07) is 14.4. The molecule has 3 aromatic rings. The Bertz CT molecular complexity index is 1640. The number of hydrogen-bond donors (Lipinski definition) is 1. The van der Waals surface area contributed by atoms with Crippen molar-refractivity contribution in [2.45, 2.75) is 20.8 Å². The number of fused-ring (bicyclic) bond motifs is 3. The van der Waals surface area contributed by atoms with Gasteiger partial charge in [-0.1, -0.05) is 61.7 Å². The van der Waals surface area contributed by atoms with Crippen LogP contribution in [0.5, 0.6) is 0 Å². The number of hydrogen-bond acceptors (Lipinski definition) is 9. The van der Waals surface area contributed by atoms with E-state index < -0.39 is 11.6 Å². The molecule has 0 fully saturated rings. The SMILES string of the molecule is C=C(Br)C(C)=O.C=CC(C)=O.CC(=O)c1cc2c(o1)C(=O)c1ccccc1C2=O.O=C1C=C(O)c2ccccc2C1=O.[2H][B].[U].